The van der Waals surface area contributed by atoms with Crippen molar-refractivity contribution in [2.45, 2.75) is 18.4 Å². The van der Waals surface area contributed by atoms with Gasteiger partial charge in [0.1, 0.15) is 0 Å². The monoisotopic (exact) mass is 255 g/mol. The third kappa shape index (κ3) is 2.31. The predicted octanol–water partition coefficient (Wildman–Crippen LogP) is 0.506. The summed E-state index contributed by atoms with van der Waals surface area (Å²) in [5.74, 6) is 0. The van der Waals surface area contributed by atoms with Crippen molar-refractivity contribution in [3.63, 3.8) is 0 Å². The summed E-state index contributed by atoms with van der Waals surface area (Å²) in [6, 6.07) is 1.39. The van der Waals surface area contributed by atoms with Gasteiger partial charge in [-0.1, -0.05) is 6.92 Å². The molecule has 17 heavy (non-hydrogen) atoms. The molecule has 2 heterocycles. The molecule has 0 saturated carbocycles. The second-order valence-corrected chi connectivity index (χ2v) is 5.19. The summed E-state index contributed by atoms with van der Waals surface area (Å²) in [6.45, 7) is 1.91. The molecule has 0 spiro atoms. The second-order valence-electron chi connectivity index (χ2n) is 3.54. The Morgan fingerprint density at radius 1 is 1.53 bits per heavy atom. The lowest BCUT2D eigenvalue weighted by molar-refractivity contribution is 0.597. The smallest absolute Gasteiger partial charge is 0.275 e. The minimum absolute atomic E-state index is 0.0309. The fourth-order valence-electron chi connectivity index (χ4n) is 1.47. The third-order valence-corrected chi connectivity index (χ3v) is 3.54. The molecule has 92 valence electrons. The van der Waals surface area contributed by atoms with Crippen LogP contribution >= 0.6 is 0 Å². The summed E-state index contributed by atoms with van der Waals surface area (Å²) in [5.41, 5.74) is 1.19. The zero-order valence-corrected chi connectivity index (χ0v) is 10.3. The van der Waals surface area contributed by atoms with Gasteiger partial charge in [-0.15, -0.1) is 0 Å². The molecule has 0 radical (unpaired) electrons. The van der Waals surface area contributed by atoms with E-state index >= 15 is 0 Å². The number of nitrogens with one attached hydrogen (secondary N) is 2. The lowest BCUT2D eigenvalue weighted by Crippen LogP contribution is -2.14. The maximum Gasteiger partial charge on any atom is 0.278 e. The molecule has 2 aromatic rings. The standard InChI is InChI=1S/C9H13N5O2S/c1-3-7-8(6-14(2)12-7)13-17(15,16)9-4-5-10-11-9/h4-6,13H,3H2,1-2H3,(H,10,11). The third-order valence-electron chi connectivity index (χ3n) is 2.25. The number of rotatable bonds is 4. The maximum atomic E-state index is 11.9. The van der Waals surface area contributed by atoms with Crippen molar-refractivity contribution in [2.75, 3.05) is 4.72 Å². The fourth-order valence-corrected chi connectivity index (χ4v) is 2.46. The Balaban J connectivity index is 2.32. The summed E-state index contributed by atoms with van der Waals surface area (Å²) >= 11 is 0. The number of nitrogens with zero attached hydrogens (tertiary/aromatic N) is 3. The summed E-state index contributed by atoms with van der Waals surface area (Å²) in [5, 5.41) is 10.2. The summed E-state index contributed by atoms with van der Waals surface area (Å²) in [4.78, 5) is 0. The summed E-state index contributed by atoms with van der Waals surface area (Å²) < 4.78 is 27.9. The number of anilines is 1. The van der Waals surface area contributed by atoms with Crippen molar-refractivity contribution in [2.24, 2.45) is 7.05 Å². The van der Waals surface area contributed by atoms with E-state index in [1.54, 1.807) is 17.9 Å². The highest BCUT2D eigenvalue weighted by molar-refractivity contribution is 7.92. The van der Waals surface area contributed by atoms with Crippen LogP contribution in [0.3, 0.4) is 0 Å². The van der Waals surface area contributed by atoms with E-state index in [4.69, 9.17) is 0 Å². The molecule has 7 nitrogen and oxygen atoms in total. The number of H-pyrrole nitrogens is 1. The highest BCUT2D eigenvalue weighted by Gasteiger charge is 2.18. The van der Waals surface area contributed by atoms with Gasteiger partial charge in [-0.3, -0.25) is 14.5 Å². The first kappa shape index (κ1) is 11.6. The van der Waals surface area contributed by atoms with Crippen LogP contribution in [0, 0.1) is 0 Å². The van der Waals surface area contributed by atoms with Crippen LogP contribution in [-0.2, 0) is 23.5 Å². The molecule has 0 fully saturated rings. The quantitative estimate of drug-likeness (QED) is 0.832. The lowest BCUT2D eigenvalue weighted by Gasteiger charge is -2.04. The highest BCUT2D eigenvalue weighted by Crippen LogP contribution is 2.18. The summed E-state index contributed by atoms with van der Waals surface area (Å²) in [7, 11) is -1.87. The van der Waals surface area contributed by atoms with E-state index in [1.807, 2.05) is 6.92 Å². The molecule has 0 atom stereocenters. The number of aryl methyl sites for hydroxylation is 2. The van der Waals surface area contributed by atoms with Crippen LogP contribution in [0.5, 0.6) is 0 Å². The molecular weight excluding hydrogens is 242 g/mol. The van der Waals surface area contributed by atoms with Gasteiger partial charge in [0.15, 0.2) is 5.03 Å². The number of hydrogen-bond donors (Lipinski definition) is 2. The molecule has 2 aromatic heterocycles. The van der Waals surface area contributed by atoms with Gasteiger partial charge in [0.25, 0.3) is 10.0 Å². The van der Waals surface area contributed by atoms with Gasteiger partial charge < -0.3 is 0 Å². The Hall–Kier alpha value is -1.83. The molecular formula is C9H13N5O2S. The zero-order chi connectivity index (χ0) is 12.5. The zero-order valence-electron chi connectivity index (χ0n) is 9.51. The Labute approximate surface area is 98.9 Å². The fraction of sp³-hybridized carbons (Fsp3) is 0.333. The van der Waals surface area contributed by atoms with Gasteiger partial charge in [-0.05, 0) is 12.5 Å². The lowest BCUT2D eigenvalue weighted by atomic mass is 10.3. The highest BCUT2D eigenvalue weighted by atomic mass is 32.2. The Kier molecular flexibility index (Phi) is 2.88. The molecule has 2 N–H and O–H groups in total. The van der Waals surface area contributed by atoms with Gasteiger partial charge in [-0.2, -0.15) is 18.6 Å². The molecule has 0 aliphatic carbocycles. The summed E-state index contributed by atoms with van der Waals surface area (Å²) in [6.07, 6.45) is 3.67. The molecule has 0 aromatic carbocycles. The minimum Gasteiger partial charge on any atom is -0.275 e. The molecule has 0 amide bonds. The van der Waals surface area contributed by atoms with Gasteiger partial charge in [0.2, 0.25) is 0 Å². The molecule has 2 rings (SSSR count). The van der Waals surface area contributed by atoms with Gasteiger partial charge >= 0.3 is 0 Å². The Morgan fingerprint density at radius 2 is 2.29 bits per heavy atom. The minimum atomic E-state index is -3.61. The Bertz CT molecular complexity index is 599. The van der Waals surface area contributed by atoms with Crippen molar-refractivity contribution >= 4 is 15.7 Å². The van der Waals surface area contributed by atoms with Gasteiger partial charge in [0, 0.05) is 13.2 Å². The Morgan fingerprint density at radius 3 is 2.88 bits per heavy atom. The first-order valence-electron chi connectivity index (χ1n) is 5.07. The topological polar surface area (TPSA) is 92.7 Å². The normalized spacial score (nSPS) is 11.6. The van der Waals surface area contributed by atoms with Crippen molar-refractivity contribution in [1.82, 2.24) is 20.0 Å². The van der Waals surface area contributed by atoms with Crippen LogP contribution in [-0.4, -0.2) is 28.4 Å². The van der Waals surface area contributed by atoms with E-state index in [2.05, 4.69) is 20.0 Å². The van der Waals surface area contributed by atoms with Crippen LogP contribution in [0.4, 0.5) is 5.69 Å². The van der Waals surface area contributed by atoms with Crippen LogP contribution in [0.25, 0.3) is 0 Å². The van der Waals surface area contributed by atoms with Crippen molar-refractivity contribution in [3.8, 4) is 0 Å². The molecule has 0 aliphatic heterocycles. The first-order valence-corrected chi connectivity index (χ1v) is 6.56. The second kappa shape index (κ2) is 4.21. The molecule has 0 unspecified atom stereocenters. The van der Waals surface area contributed by atoms with Crippen LogP contribution < -0.4 is 4.72 Å². The number of sulfonamides is 1. The molecule has 0 saturated heterocycles. The van der Waals surface area contributed by atoms with E-state index in [1.165, 1.54) is 12.3 Å². The van der Waals surface area contributed by atoms with Crippen LogP contribution in [0.2, 0.25) is 0 Å². The number of aromatic nitrogens is 4. The molecule has 0 bridgehead atoms. The van der Waals surface area contributed by atoms with Crippen LogP contribution in [0.1, 0.15) is 12.6 Å². The van der Waals surface area contributed by atoms with Crippen molar-refractivity contribution in [1.29, 1.82) is 0 Å². The van der Waals surface area contributed by atoms with E-state index < -0.39 is 10.0 Å². The SMILES string of the molecule is CCc1nn(C)cc1NS(=O)(=O)c1ccn[nH]1. The van der Waals surface area contributed by atoms with Gasteiger partial charge in [0.05, 0.1) is 17.6 Å². The van der Waals surface area contributed by atoms with E-state index in [9.17, 15) is 8.42 Å². The van der Waals surface area contributed by atoms with E-state index in [0.717, 1.165) is 0 Å². The van der Waals surface area contributed by atoms with Crippen LogP contribution in [0.15, 0.2) is 23.5 Å². The number of aromatic amines is 1. The average molecular weight is 255 g/mol. The molecule has 0 aliphatic rings. The van der Waals surface area contributed by atoms with Gasteiger partial charge in [-0.25, -0.2) is 0 Å². The van der Waals surface area contributed by atoms with E-state index in [0.29, 0.717) is 17.8 Å². The van der Waals surface area contributed by atoms with Crippen molar-refractivity contribution in [3.05, 3.63) is 24.2 Å². The van der Waals surface area contributed by atoms with E-state index in [-0.39, 0.29) is 5.03 Å². The number of hydrogen-bond acceptors (Lipinski definition) is 4. The predicted molar refractivity (Wildman–Crippen MR) is 62.0 cm³/mol. The maximum absolute atomic E-state index is 11.9. The van der Waals surface area contributed by atoms with Crippen molar-refractivity contribution < 1.29 is 8.42 Å². The molecule has 8 heteroatoms. The average Bonchev–Trinajstić information content (AvgIpc) is 2.86. The first-order chi connectivity index (χ1) is 8.03. The largest absolute Gasteiger partial charge is 0.278 e.